The molecule has 1 aromatic heterocycles. The molecule has 0 fully saturated rings. The molecule has 0 unspecified atom stereocenters. The number of ether oxygens (including phenoxy) is 1. The van der Waals surface area contributed by atoms with Crippen molar-refractivity contribution in [2.45, 2.75) is 13.2 Å². The van der Waals surface area contributed by atoms with Crippen LogP contribution in [0.3, 0.4) is 0 Å². The Morgan fingerprint density at radius 1 is 0.929 bits per heavy atom. The van der Waals surface area contributed by atoms with Crippen LogP contribution in [0.2, 0.25) is 0 Å². The van der Waals surface area contributed by atoms with Crippen molar-refractivity contribution in [2.24, 2.45) is 0 Å². The molecular weight excluding hydrogens is 381 g/mol. The molecular formula is C21H19ClFN3O2. The first-order valence-corrected chi connectivity index (χ1v) is 8.58. The van der Waals surface area contributed by atoms with Crippen molar-refractivity contribution < 1.29 is 9.13 Å². The zero-order chi connectivity index (χ0) is 18.6. The Kier molecular flexibility index (Phi) is 6.01. The molecule has 0 radical (unpaired) electrons. The molecule has 144 valence electrons. The number of fused-ring (bicyclic) bond motifs is 1. The summed E-state index contributed by atoms with van der Waals surface area (Å²) in [5, 5.41) is 3.32. The molecule has 0 bridgehead atoms. The lowest BCUT2D eigenvalue weighted by Gasteiger charge is -2.10. The molecule has 0 saturated heterocycles. The number of H-pyrrole nitrogens is 2. The number of imidazole rings is 1. The zero-order valence-electron chi connectivity index (χ0n) is 14.9. The number of halogens is 2. The first-order valence-electron chi connectivity index (χ1n) is 8.58. The molecule has 4 aromatic rings. The van der Waals surface area contributed by atoms with E-state index in [4.69, 9.17) is 4.74 Å². The van der Waals surface area contributed by atoms with Gasteiger partial charge in [-0.1, -0.05) is 30.3 Å². The summed E-state index contributed by atoms with van der Waals surface area (Å²) in [6, 6.07) is 19.9. The van der Waals surface area contributed by atoms with E-state index in [1.54, 1.807) is 18.2 Å². The van der Waals surface area contributed by atoms with Crippen LogP contribution in [0.1, 0.15) is 11.1 Å². The van der Waals surface area contributed by atoms with E-state index in [9.17, 15) is 9.18 Å². The maximum Gasteiger partial charge on any atom is 0.323 e. The van der Waals surface area contributed by atoms with E-state index in [-0.39, 0.29) is 30.5 Å². The van der Waals surface area contributed by atoms with E-state index in [2.05, 4.69) is 15.3 Å². The van der Waals surface area contributed by atoms with Gasteiger partial charge in [0.2, 0.25) is 0 Å². The number of rotatable bonds is 6. The predicted molar refractivity (Wildman–Crippen MR) is 111 cm³/mol. The van der Waals surface area contributed by atoms with Crippen molar-refractivity contribution in [2.75, 3.05) is 5.32 Å². The van der Waals surface area contributed by atoms with Crippen molar-refractivity contribution in [1.82, 2.24) is 9.97 Å². The third-order valence-corrected chi connectivity index (χ3v) is 4.26. The first kappa shape index (κ1) is 19.5. The molecule has 0 aliphatic rings. The highest BCUT2D eigenvalue weighted by molar-refractivity contribution is 5.85. The van der Waals surface area contributed by atoms with Gasteiger partial charge in [0.25, 0.3) is 0 Å². The topological polar surface area (TPSA) is 69.9 Å². The van der Waals surface area contributed by atoms with E-state index in [0.29, 0.717) is 17.9 Å². The van der Waals surface area contributed by atoms with Crippen LogP contribution in [0.4, 0.5) is 10.1 Å². The van der Waals surface area contributed by atoms with E-state index in [0.717, 1.165) is 22.3 Å². The minimum atomic E-state index is -0.270. The van der Waals surface area contributed by atoms with Gasteiger partial charge in [0.1, 0.15) is 18.2 Å². The maximum absolute atomic E-state index is 13.7. The van der Waals surface area contributed by atoms with Crippen molar-refractivity contribution in [3.8, 4) is 5.75 Å². The molecule has 1 heterocycles. The second-order valence-electron chi connectivity index (χ2n) is 6.22. The molecule has 0 spiro atoms. The summed E-state index contributed by atoms with van der Waals surface area (Å²) >= 11 is 0. The fourth-order valence-corrected chi connectivity index (χ4v) is 2.87. The van der Waals surface area contributed by atoms with Gasteiger partial charge in [0, 0.05) is 17.8 Å². The molecule has 4 rings (SSSR count). The molecule has 0 saturated carbocycles. The summed E-state index contributed by atoms with van der Waals surface area (Å²) in [6.07, 6.45) is 0. The van der Waals surface area contributed by atoms with Gasteiger partial charge in [-0.3, -0.25) is 0 Å². The van der Waals surface area contributed by atoms with Crippen molar-refractivity contribution in [1.29, 1.82) is 0 Å². The van der Waals surface area contributed by atoms with E-state index < -0.39 is 0 Å². The van der Waals surface area contributed by atoms with E-state index in [1.165, 1.54) is 6.07 Å². The van der Waals surface area contributed by atoms with Gasteiger partial charge in [0.15, 0.2) is 0 Å². The summed E-state index contributed by atoms with van der Waals surface area (Å²) in [4.78, 5) is 16.8. The third kappa shape index (κ3) is 4.53. The minimum Gasteiger partial charge on any atom is -0.489 e. The van der Waals surface area contributed by atoms with Crippen molar-refractivity contribution >= 4 is 29.1 Å². The quantitative estimate of drug-likeness (QED) is 0.443. The monoisotopic (exact) mass is 399 g/mol. The Hall–Kier alpha value is -3.25. The number of anilines is 1. The predicted octanol–water partition coefficient (Wildman–Crippen LogP) is 4.61. The Morgan fingerprint density at radius 2 is 1.75 bits per heavy atom. The molecule has 0 atom stereocenters. The van der Waals surface area contributed by atoms with E-state index >= 15 is 0 Å². The Balaban J connectivity index is 0.00000225. The average molecular weight is 400 g/mol. The number of aromatic amines is 2. The fourth-order valence-electron chi connectivity index (χ4n) is 2.87. The number of hydrogen-bond donors (Lipinski definition) is 3. The second-order valence-corrected chi connectivity index (χ2v) is 6.22. The van der Waals surface area contributed by atoms with Crippen molar-refractivity contribution in [3.63, 3.8) is 0 Å². The maximum atomic E-state index is 13.7. The molecule has 28 heavy (non-hydrogen) atoms. The average Bonchev–Trinajstić information content (AvgIpc) is 3.05. The molecule has 3 aromatic carbocycles. The highest BCUT2D eigenvalue weighted by Crippen LogP contribution is 2.19. The lowest BCUT2D eigenvalue weighted by molar-refractivity contribution is 0.299. The number of aromatic nitrogens is 2. The van der Waals surface area contributed by atoms with Gasteiger partial charge in [0.05, 0.1) is 11.0 Å². The lowest BCUT2D eigenvalue weighted by atomic mass is 10.2. The molecule has 0 aliphatic carbocycles. The van der Waals surface area contributed by atoms with Crippen LogP contribution < -0.4 is 15.7 Å². The van der Waals surface area contributed by atoms with Gasteiger partial charge in [-0.2, -0.15) is 0 Å². The number of nitrogens with one attached hydrogen (secondary N) is 3. The summed E-state index contributed by atoms with van der Waals surface area (Å²) in [5.41, 5.74) is 3.76. The standard InChI is InChI=1S/C21H18FN3O2.ClH/c22-18-7-2-1-5-15(18)13-27-17-6-3-4-14(10-17)12-23-16-8-9-19-20(11-16)25-21(26)24-19;/h1-11,23H,12-13H2,(H2,24,25,26);1H. The van der Waals surface area contributed by atoms with Crippen LogP contribution in [0.5, 0.6) is 5.75 Å². The molecule has 0 aliphatic heterocycles. The number of hydrogen-bond acceptors (Lipinski definition) is 3. The third-order valence-electron chi connectivity index (χ3n) is 4.26. The summed E-state index contributed by atoms with van der Waals surface area (Å²) in [7, 11) is 0. The lowest BCUT2D eigenvalue weighted by Crippen LogP contribution is -2.01. The van der Waals surface area contributed by atoms with Gasteiger partial charge < -0.3 is 20.0 Å². The van der Waals surface area contributed by atoms with Crippen LogP contribution >= 0.6 is 12.4 Å². The highest BCUT2D eigenvalue weighted by atomic mass is 35.5. The van der Waals surface area contributed by atoms with Crippen LogP contribution in [0.15, 0.2) is 71.5 Å². The van der Waals surface area contributed by atoms with Gasteiger partial charge >= 0.3 is 5.69 Å². The fraction of sp³-hybridized carbons (Fsp3) is 0.0952. The van der Waals surface area contributed by atoms with Crippen LogP contribution in [0.25, 0.3) is 11.0 Å². The summed E-state index contributed by atoms with van der Waals surface area (Å²) in [5.74, 6) is 0.413. The van der Waals surface area contributed by atoms with E-state index in [1.807, 2.05) is 42.5 Å². The molecule has 3 N–H and O–H groups in total. The number of benzene rings is 3. The largest absolute Gasteiger partial charge is 0.489 e. The summed E-state index contributed by atoms with van der Waals surface area (Å²) in [6.45, 7) is 0.776. The first-order chi connectivity index (χ1) is 13.2. The SMILES string of the molecule is Cl.O=c1[nH]c2ccc(NCc3cccc(OCc4ccccc4F)c3)cc2[nH]1. The highest BCUT2D eigenvalue weighted by Gasteiger charge is 2.04. The second kappa shape index (κ2) is 8.63. The smallest absolute Gasteiger partial charge is 0.323 e. The molecule has 0 amide bonds. The molecule has 7 heteroatoms. The van der Waals surface area contributed by atoms with Crippen molar-refractivity contribution in [3.05, 3.63) is 94.2 Å². The normalized spacial score (nSPS) is 10.5. The van der Waals surface area contributed by atoms with Gasteiger partial charge in [-0.05, 0) is 42.0 Å². The Bertz CT molecular complexity index is 1140. The van der Waals surface area contributed by atoms with Gasteiger partial charge in [-0.15, -0.1) is 12.4 Å². The van der Waals surface area contributed by atoms with Crippen LogP contribution in [-0.4, -0.2) is 9.97 Å². The van der Waals surface area contributed by atoms with Gasteiger partial charge in [-0.25, -0.2) is 9.18 Å². The Morgan fingerprint density at radius 3 is 2.61 bits per heavy atom. The zero-order valence-corrected chi connectivity index (χ0v) is 15.7. The van der Waals surface area contributed by atoms with Crippen LogP contribution in [0, 0.1) is 5.82 Å². The van der Waals surface area contributed by atoms with Crippen LogP contribution in [-0.2, 0) is 13.2 Å². The minimum absolute atomic E-state index is 0. The summed E-state index contributed by atoms with van der Waals surface area (Å²) < 4.78 is 19.4. The molecule has 5 nitrogen and oxygen atoms in total. The Labute approximate surface area is 167 Å².